The molecule has 1 aliphatic heterocycles. The van der Waals surface area contributed by atoms with Crippen molar-refractivity contribution in [1.29, 1.82) is 0 Å². The van der Waals surface area contributed by atoms with Crippen molar-refractivity contribution in [1.82, 2.24) is 10.2 Å². The lowest BCUT2D eigenvalue weighted by Crippen LogP contribution is -2.42. The Morgan fingerprint density at radius 3 is 2.17 bits per heavy atom. The van der Waals surface area contributed by atoms with Gasteiger partial charge < -0.3 is 21.1 Å². The molecule has 2 fully saturated rings. The van der Waals surface area contributed by atoms with Crippen molar-refractivity contribution in [3.8, 4) is 5.75 Å². The second-order valence-electron chi connectivity index (χ2n) is 11.7. The minimum absolute atomic E-state index is 0.114. The fourth-order valence-corrected chi connectivity index (χ4v) is 6.18. The maximum Gasteiger partial charge on any atom is 0.218 e. The van der Waals surface area contributed by atoms with Crippen LogP contribution in [-0.4, -0.2) is 49.0 Å². The number of hydrogen-bond donors (Lipinski definition) is 3. The van der Waals surface area contributed by atoms with Gasteiger partial charge in [-0.05, 0) is 66.6 Å². The van der Waals surface area contributed by atoms with Crippen molar-refractivity contribution in [2.24, 2.45) is 10.7 Å². The van der Waals surface area contributed by atoms with E-state index < -0.39 is 0 Å². The summed E-state index contributed by atoms with van der Waals surface area (Å²) in [6.45, 7) is 3.12. The van der Waals surface area contributed by atoms with Crippen LogP contribution in [0.25, 0.3) is 0 Å². The number of nitrogens with two attached hydrogens (primary N) is 1. The molecule has 222 valence electrons. The molecular formula is C35H45N5O2. The summed E-state index contributed by atoms with van der Waals surface area (Å²) >= 11 is 0. The van der Waals surface area contributed by atoms with Gasteiger partial charge in [0.25, 0.3) is 0 Å². The summed E-state index contributed by atoms with van der Waals surface area (Å²) in [5.74, 6) is 1.23. The Balaban J connectivity index is 1.27. The van der Waals surface area contributed by atoms with E-state index in [4.69, 9.17) is 15.5 Å². The molecule has 0 bridgehead atoms. The largest absolute Gasteiger partial charge is 0.497 e. The number of hydrogen-bond acceptors (Lipinski definition) is 4. The average Bonchev–Trinajstić information content (AvgIpc) is 3.02. The third kappa shape index (κ3) is 8.58. The molecule has 0 radical (unpaired) electrons. The van der Waals surface area contributed by atoms with Gasteiger partial charge in [-0.15, -0.1) is 0 Å². The van der Waals surface area contributed by atoms with Crippen LogP contribution in [0.15, 0.2) is 83.9 Å². The number of ether oxygens (including phenoxy) is 1. The van der Waals surface area contributed by atoms with Crippen LogP contribution in [0, 0.1) is 0 Å². The maximum atomic E-state index is 11.9. The number of primary amides is 1. The van der Waals surface area contributed by atoms with Crippen LogP contribution in [0.2, 0.25) is 0 Å². The van der Waals surface area contributed by atoms with E-state index in [1.165, 1.54) is 37.7 Å². The lowest BCUT2D eigenvalue weighted by atomic mass is 9.88. The zero-order valence-electron chi connectivity index (χ0n) is 24.8. The topological polar surface area (TPSA) is 92.0 Å². The van der Waals surface area contributed by atoms with Gasteiger partial charge in [-0.1, -0.05) is 73.9 Å². The molecule has 1 amide bonds. The lowest BCUT2D eigenvalue weighted by molar-refractivity contribution is -0.118. The monoisotopic (exact) mass is 567 g/mol. The smallest absolute Gasteiger partial charge is 0.218 e. The fraction of sp³-hybridized carbons (Fsp3) is 0.429. The molecule has 1 atom stereocenters. The zero-order valence-corrected chi connectivity index (χ0v) is 24.8. The van der Waals surface area contributed by atoms with Crippen molar-refractivity contribution in [3.63, 3.8) is 0 Å². The van der Waals surface area contributed by atoms with Crippen LogP contribution in [0.3, 0.4) is 0 Å². The Bertz CT molecular complexity index is 1280. The summed E-state index contributed by atoms with van der Waals surface area (Å²) in [6, 6.07) is 27.6. The molecule has 0 aromatic heterocycles. The number of likely N-dealkylation sites (tertiary alicyclic amines) is 1. The highest BCUT2D eigenvalue weighted by Crippen LogP contribution is 2.30. The molecule has 4 N–H and O–H groups in total. The number of nitrogens with zero attached hydrogens (tertiary/aromatic N) is 2. The summed E-state index contributed by atoms with van der Waals surface area (Å²) in [4.78, 5) is 19.7. The van der Waals surface area contributed by atoms with E-state index in [1.54, 1.807) is 7.11 Å². The van der Waals surface area contributed by atoms with Crippen molar-refractivity contribution >= 4 is 17.6 Å². The van der Waals surface area contributed by atoms with Gasteiger partial charge in [-0.2, -0.15) is 0 Å². The highest BCUT2D eigenvalue weighted by Gasteiger charge is 2.22. The molecule has 5 rings (SSSR count). The fourth-order valence-electron chi connectivity index (χ4n) is 6.18. The molecule has 3 aromatic rings. The first-order valence-electron chi connectivity index (χ1n) is 15.5. The zero-order chi connectivity index (χ0) is 29.1. The summed E-state index contributed by atoms with van der Waals surface area (Å²) < 4.78 is 5.31. The number of methoxy groups -OCH3 is 1. The Kier molecular flexibility index (Phi) is 10.5. The van der Waals surface area contributed by atoms with E-state index >= 15 is 0 Å². The summed E-state index contributed by atoms with van der Waals surface area (Å²) in [7, 11) is 1.65. The second-order valence-corrected chi connectivity index (χ2v) is 11.7. The molecule has 1 aliphatic carbocycles. The van der Waals surface area contributed by atoms with Gasteiger partial charge in [-0.25, -0.2) is 4.99 Å². The SMILES string of the molecule is COc1ccc(C(CC(N)=O)c2ccc(NC(=NC3CCN(Cc4ccccc4)CC3)NC3CCCCC3)cc2)cc1. The number of piperidine rings is 1. The third-order valence-electron chi connectivity index (χ3n) is 8.56. The summed E-state index contributed by atoms with van der Waals surface area (Å²) in [5.41, 5.74) is 10.1. The minimum atomic E-state index is -0.320. The quantitative estimate of drug-likeness (QED) is 0.205. The van der Waals surface area contributed by atoms with Crippen LogP contribution in [0.4, 0.5) is 5.69 Å². The first kappa shape index (κ1) is 29.6. The lowest BCUT2D eigenvalue weighted by Gasteiger charge is -2.31. The highest BCUT2D eigenvalue weighted by atomic mass is 16.5. The molecule has 3 aromatic carbocycles. The predicted octanol–water partition coefficient (Wildman–Crippen LogP) is 6.06. The van der Waals surface area contributed by atoms with Crippen LogP contribution in [0.1, 0.15) is 74.0 Å². The number of rotatable bonds is 10. The van der Waals surface area contributed by atoms with Gasteiger partial charge in [0.1, 0.15) is 5.75 Å². The van der Waals surface area contributed by atoms with Crippen LogP contribution in [-0.2, 0) is 11.3 Å². The normalized spacial score (nSPS) is 17.9. The van der Waals surface area contributed by atoms with Crippen LogP contribution >= 0.6 is 0 Å². The molecule has 2 aliphatic rings. The molecular weight excluding hydrogens is 522 g/mol. The second kappa shape index (κ2) is 14.9. The van der Waals surface area contributed by atoms with E-state index in [9.17, 15) is 4.79 Å². The Morgan fingerprint density at radius 2 is 1.55 bits per heavy atom. The molecule has 1 heterocycles. The van der Waals surface area contributed by atoms with E-state index in [-0.39, 0.29) is 18.2 Å². The van der Waals surface area contributed by atoms with Gasteiger partial charge >= 0.3 is 0 Å². The number of carbonyl (C=O) groups is 1. The number of aliphatic imine (C=N–C) groups is 1. The van der Waals surface area contributed by atoms with E-state index in [0.29, 0.717) is 12.1 Å². The first-order chi connectivity index (χ1) is 20.6. The number of amides is 1. The number of carbonyl (C=O) groups excluding carboxylic acids is 1. The Morgan fingerprint density at radius 1 is 0.905 bits per heavy atom. The van der Waals surface area contributed by atoms with Gasteiger partial charge in [0, 0.05) is 43.7 Å². The molecule has 7 heteroatoms. The van der Waals surface area contributed by atoms with Crippen molar-refractivity contribution in [2.75, 3.05) is 25.5 Å². The van der Waals surface area contributed by atoms with E-state index in [2.05, 4.69) is 70.1 Å². The molecule has 1 unspecified atom stereocenters. The van der Waals surface area contributed by atoms with Crippen molar-refractivity contribution in [3.05, 3.63) is 95.6 Å². The molecule has 0 spiro atoms. The highest BCUT2D eigenvalue weighted by molar-refractivity contribution is 5.94. The first-order valence-corrected chi connectivity index (χ1v) is 15.5. The molecule has 7 nitrogen and oxygen atoms in total. The van der Waals surface area contributed by atoms with E-state index in [1.807, 2.05) is 24.3 Å². The molecule has 42 heavy (non-hydrogen) atoms. The number of anilines is 1. The minimum Gasteiger partial charge on any atom is -0.497 e. The summed E-state index contributed by atoms with van der Waals surface area (Å²) in [5, 5.41) is 7.36. The number of benzene rings is 3. The molecule has 1 saturated heterocycles. The third-order valence-corrected chi connectivity index (χ3v) is 8.56. The standard InChI is InChI=1S/C35H45N5O2/c1-42-32-18-14-28(15-19-32)33(24-34(36)41)27-12-16-30(17-13-27)38-35(37-29-10-6-3-7-11-29)39-31-20-22-40(23-21-31)25-26-8-4-2-5-9-26/h2,4-5,8-9,12-19,29,31,33H,3,6-7,10-11,20-25H2,1H3,(H2,36,41)(H2,37,38,39). The van der Waals surface area contributed by atoms with Crippen molar-refractivity contribution < 1.29 is 9.53 Å². The Hall–Kier alpha value is -3.84. The van der Waals surface area contributed by atoms with Gasteiger partial charge in [0.05, 0.1) is 13.2 Å². The summed E-state index contributed by atoms with van der Waals surface area (Å²) in [6.07, 6.45) is 8.59. The predicted molar refractivity (Wildman–Crippen MR) is 171 cm³/mol. The number of guanidine groups is 1. The van der Waals surface area contributed by atoms with Crippen molar-refractivity contribution in [2.45, 2.75) is 75.9 Å². The van der Waals surface area contributed by atoms with Gasteiger partial charge in [0.15, 0.2) is 5.96 Å². The Labute approximate surface area is 250 Å². The van der Waals surface area contributed by atoms with Gasteiger partial charge in [-0.3, -0.25) is 9.69 Å². The maximum absolute atomic E-state index is 11.9. The van der Waals surface area contributed by atoms with E-state index in [0.717, 1.165) is 61.0 Å². The van der Waals surface area contributed by atoms with Crippen LogP contribution < -0.4 is 21.1 Å². The number of nitrogens with one attached hydrogen (secondary N) is 2. The van der Waals surface area contributed by atoms with Gasteiger partial charge in [0.2, 0.25) is 5.91 Å². The molecule has 1 saturated carbocycles. The van der Waals surface area contributed by atoms with Crippen LogP contribution in [0.5, 0.6) is 5.75 Å². The average molecular weight is 568 g/mol.